The summed E-state index contributed by atoms with van der Waals surface area (Å²) < 4.78 is 15.4. The van der Waals surface area contributed by atoms with Crippen LogP contribution in [-0.2, 0) is 6.54 Å². The molecule has 0 saturated heterocycles. The topological polar surface area (TPSA) is 64.1 Å². The number of fused-ring (bicyclic) bond motifs is 1. The van der Waals surface area contributed by atoms with Crippen molar-refractivity contribution in [2.75, 3.05) is 6.54 Å². The van der Waals surface area contributed by atoms with Gasteiger partial charge in [0.25, 0.3) is 0 Å². The Hall–Kier alpha value is -1.46. The van der Waals surface area contributed by atoms with E-state index >= 15 is 0 Å². The number of benzene rings is 1. The summed E-state index contributed by atoms with van der Waals surface area (Å²) in [5.74, 6) is 0.119. The molecule has 0 spiro atoms. The quantitative estimate of drug-likeness (QED) is 0.848. The molecule has 5 heteroatoms. The molecule has 0 aliphatic rings. The summed E-state index contributed by atoms with van der Waals surface area (Å²) in [6, 6.07) is 4.81. The highest BCUT2D eigenvalue weighted by Crippen LogP contribution is 2.24. The third-order valence-corrected chi connectivity index (χ3v) is 2.81. The van der Waals surface area contributed by atoms with Crippen LogP contribution in [0.1, 0.15) is 25.3 Å². The lowest BCUT2D eigenvalue weighted by molar-refractivity contribution is 0.156. The van der Waals surface area contributed by atoms with Crippen molar-refractivity contribution < 1.29 is 9.50 Å². The van der Waals surface area contributed by atoms with Gasteiger partial charge < -0.3 is 15.4 Å². The highest BCUT2D eigenvalue weighted by atomic mass is 19.1. The van der Waals surface area contributed by atoms with Crippen molar-refractivity contribution in [3.63, 3.8) is 0 Å². The first-order valence-corrected chi connectivity index (χ1v) is 5.71. The maximum absolute atomic E-state index is 13.6. The Morgan fingerprint density at radius 1 is 1.53 bits per heavy atom. The highest BCUT2D eigenvalue weighted by Gasteiger charge is 2.18. The number of nitrogens with two attached hydrogens (primary N) is 1. The van der Waals surface area contributed by atoms with E-state index in [1.54, 1.807) is 12.1 Å². The van der Waals surface area contributed by atoms with Crippen molar-refractivity contribution in [1.29, 1.82) is 0 Å². The van der Waals surface area contributed by atoms with Crippen LogP contribution < -0.4 is 5.73 Å². The van der Waals surface area contributed by atoms with Crippen molar-refractivity contribution in [2.45, 2.75) is 26.0 Å². The fourth-order valence-electron chi connectivity index (χ4n) is 2.00. The third kappa shape index (κ3) is 2.03. The smallest absolute Gasteiger partial charge is 0.151 e. The van der Waals surface area contributed by atoms with Gasteiger partial charge in [-0.15, -0.1) is 0 Å². The Morgan fingerprint density at radius 3 is 2.94 bits per heavy atom. The number of halogens is 1. The molecule has 0 radical (unpaired) electrons. The number of hydrogen-bond donors (Lipinski definition) is 2. The number of aliphatic hydroxyl groups is 1. The minimum Gasteiger partial charge on any atom is -0.385 e. The van der Waals surface area contributed by atoms with Crippen LogP contribution >= 0.6 is 0 Å². The van der Waals surface area contributed by atoms with Crippen molar-refractivity contribution in [1.82, 2.24) is 9.55 Å². The summed E-state index contributed by atoms with van der Waals surface area (Å²) >= 11 is 0. The second kappa shape index (κ2) is 4.81. The molecular weight excluding hydrogens is 221 g/mol. The van der Waals surface area contributed by atoms with Gasteiger partial charge in [-0.05, 0) is 32.0 Å². The van der Waals surface area contributed by atoms with Crippen LogP contribution in [0, 0.1) is 5.82 Å². The number of aryl methyl sites for hydroxylation is 1. The zero-order valence-electron chi connectivity index (χ0n) is 9.73. The van der Waals surface area contributed by atoms with E-state index < -0.39 is 6.10 Å². The predicted octanol–water partition coefficient (Wildman–Crippen LogP) is 1.58. The summed E-state index contributed by atoms with van der Waals surface area (Å²) in [4.78, 5) is 4.18. The van der Waals surface area contributed by atoms with Crippen LogP contribution in [0.25, 0.3) is 11.0 Å². The molecule has 0 fully saturated rings. The van der Waals surface area contributed by atoms with E-state index in [0.29, 0.717) is 36.4 Å². The maximum atomic E-state index is 13.6. The Labute approximate surface area is 98.9 Å². The van der Waals surface area contributed by atoms with Crippen molar-refractivity contribution >= 4 is 11.0 Å². The van der Waals surface area contributed by atoms with Gasteiger partial charge in [0, 0.05) is 6.54 Å². The molecule has 1 aromatic carbocycles. The van der Waals surface area contributed by atoms with Gasteiger partial charge in [-0.1, -0.05) is 6.07 Å². The van der Waals surface area contributed by atoms with E-state index in [9.17, 15) is 9.50 Å². The molecule has 2 aromatic rings. The molecule has 92 valence electrons. The molecule has 0 aliphatic carbocycles. The molecule has 3 N–H and O–H groups in total. The van der Waals surface area contributed by atoms with Crippen LogP contribution in [0.3, 0.4) is 0 Å². The molecule has 0 bridgehead atoms. The zero-order chi connectivity index (χ0) is 12.4. The average Bonchev–Trinajstić information content (AvgIpc) is 2.69. The predicted molar refractivity (Wildman–Crippen MR) is 64.0 cm³/mol. The van der Waals surface area contributed by atoms with Crippen molar-refractivity contribution in [3.8, 4) is 0 Å². The fourth-order valence-corrected chi connectivity index (χ4v) is 2.00. The lowest BCUT2D eigenvalue weighted by atomic mass is 10.2. The summed E-state index contributed by atoms with van der Waals surface area (Å²) in [7, 11) is 0. The Kier molecular flexibility index (Phi) is 3.40. The van der Waals surface area contributed by atoms with Crippen LogP contribution in [-0.4, -0.2) is 21.2 Å². The maximum Gasteiger partial charge on any atom is 0.151 e. The van der Waals surface area contributed by atoms with Gasteiger partial charge in [-0.2, -0.15) is 0 Å². The minimum absolute atomic E-state index is 0.306. The first kappa shape index (κ1) is 12.0. The molecule has 0 saturated carbocycles. The average molecular weight is 237 g/mol. The van der Waals surface area contributed by atoms with Crippen LogP contribution in [0.5, 0.6) is 0 Å². The molecule has 0 aliphatic heterocycles. The van der Waals surface area contributed by atoms with E-state index in [1.807, 2.05) is 11.5 Å². The standard InChI is InChI=1S/C12H16FN3O/c1-2-16-9-5-3-4-8(13)11(9)15-12(16)10(17)6-7-14/h3-5,10,17H,2,6-7,14H2,1H3. The van der Waals surface area contributed by atoms with E-state index in [4.69, 9.17) is 5.73 Å². The number of para-hydroxylation sites is 1. The van der Waals surface area contributed by atoms with Crippen LogP contribution in [0.4, 0.5) is 4.39 Å². The molecule has 1 heterocycles. The normalized spacial score (nSPS) is 13.2. The lowest BCUT2D eigenvalue weighted by Crippen LogP contribution is -2.12. The summed E-state index contributed by atoms with van der Waals surface area (Å²) in [5, 5.41) is 9.94. The fraction of sp³-hybridized carbons (Fsp3) is 0.417. The van der Waals surface area contributed by atoms with Gasteiger partial charge in [-0.3, -0.25) is 0 Å². The minimum atomic E-state index is -0.744. The lowest BCUT2D eigenvalue weighted by Gasteiger charge is -2.11. The Balaban J connectivity index is 2.59. The van der Waals surface area contributed by atoms with Gasteiger partial charge in [0.1, 0.15) is 17.4 Å². The molecule has 1 unspecified atom stereocenters. The monoisotopic (exact) mass is 237 g/mol. The van der Waals surface area contributed by atoms with Crippen molar-refractivity contribution in [3.05, 3.63) is 29.8 Å². The number of rotatable bonds is 4. The number of hydrogen-bond acceptors (Lipinski definition) is 3. The third-order valence-electron chi connectivity index (χ3n) is 2.81. The number of nitrogens with zero attached hydrogens (tertiary/aromatic N) is 2. The van der Waals surface area contributed by atoms with Crippen molar-refractivity contribution in [2.24, 2.45) is 5.73 Å². The summed E-state index contributed by atoms with van der Waals surface area (Å²) in [5.41, 5.74) is 6.42. The van der Waals surface area contributed by atoms with Gasteiger partial charge in [0.15, 0.2) is 5.82 Å². The highest BCUT2D eigenvalue weighted by molar-refractivity contribution is 5.76. The van der Waals surface area contributed by atoms with E-state index in [1.165, 1.54) is 6.07 Å². The molecule has 17 heavy (non-hydrogen) atoms. The Bertz CT molecular complexity index is 524. The van der Waals surface area contributed by atoms with E-state index in [2.05, 4.69) is 4.98 Å². The number of aliphatic hydroxyl groups excluding tert-OH is 1. The van der Waals surface area contributed by atoms with Gasteiger partial charge in [0.05, 0.1) is 5.52 Å². The molecule has 1 atom stereocenters. The Morgan fingerprint density at radius 2 is 2.29 bits per heavy atom. The first-order valence-electron chi connectivity index (χ1n) is 5.71. The number of imidazole rings is 1. The molecular formula is C12H16FN3O. The molecule has 4 nitrogen and oxygen atoms in total. The zero-order valence-corrected chi connectivity index (χ0v) is 9.73. The van der Waals surface area contributed by atoms with Gasteiger partial charge in [-0.25, -0.2) is 9.37 Å². The summed E-state index contributed by atoms with van der Waals surface area (Å²) in [6.45, 7) is 2.94. The second-order valence-corrected chi connectivity index (χ2v) is 3.91. The van der Waals surface area contributed by atoms with Gasteiger partial charge >= 0.3 is 0 Å². The molecule has 0 amide bonds. The molecule has 2 rings (SSSR count). The first-order chi connectivity index (χ1) is 8.19. The SMILES string of the molecule is CCn1c(C(O)CCN)nc2c(F)cccc21. The second-order valence-electron chi connectivity index (χ2n) is 3.91. The van der Waals surface area contributed by atoms with Crippen LogP contribution in [0.15, 0.2) is 18.2 Å². The van der Waals surface area contributed by atoms with Crippen LogP contribution in [0.2, 0.25) is 0 Å². The van der Waals surface area contributed by atoms with E-state index in [0.717, 1.165) is 0 Å². The largest absolute Gasteiger partial charge is 0.385 e. The molecule has 1 aromatic heterocycles. The summed E-state index contributed by atoms with van der Waals surface area (Å²) in [6.07, 6.45) is -0.322. The van der Waals surface area contributed by atoms with Gasteiger partial charge in [0.2, 0.25) is 0 Å². The number of aromatic nitrogens is 2. The van der Waals surface area contributed by atoms with E-state index in [-0.39, 0.29) is 5.82 Å².